The maximum absolute atomic E-state index is 3.77. The third-order valence-corrected chi connectivity index (χ3v) is 5.27. The molecule has 0 aromatic heterocycles. The third kappa shape index (κ3) is 2.86. The van der Waals surface area contributed by atoms with E-state index in [0.29, 0.717) is 11.5 Å². The summed E-state index contributed by atoms with van der Waals surface area (Å²) in [6.07, 6.45) is 9.56. The first-order chi connectivity index (χ1) is 9.16. The van der Waals surface area contributed by atoms with Gasteiger partial charge in [0.25, 0.3) is 0 Å². The van der Waals surface area contributed by atoms with Gasteiger partial charge in [-0.3, -0.25) is 0 Å². The molecule has 19 heavy (non-hydrogen) atoms. The van der Waals surface area contributed by atoms with E-state index in [1.54, 1.807) is 11.1 Å². The number of benzene rings is 1. The molecule has 2 aliphatic rings. The lowest BCUT2D eigenvalue weighted by Crippen LogP contribution is -2.31. The molecule has 1 heteroatoms. The molecule has 1 aromatic rings. The molecule has 1 atom stereocenters. The van der Waals surface area contributed by atoms with Gasteiger partial charge in [0.2, 0.25) is 0 Å². The molecular weight excluding hydrogens is 230 g/mol. The van der Waals surface area contributed by atoms with E-state index in [1.165, 1.54) is 57.1 Å². The van der Waals surface area contributed by atoms with Gasteiger partial charge in [0.1, 0.15) is 0 Å². The Morgan fingerprint density at radius 1 is 1.11 bits per heavy atom. The standard InChI is InChI=1S/C18H27N/c1-14(19-13-18(2)10-3-4-11-18)16-9-8-15-6-5-7-17(15)12-16/h8-9,12,14,19H,3-7,10-11,13H2,1-2H3. The summed E-state index contributed by atoms with van der Waals surface area (Å²) in [6.45, 7) is 5.93. The SMILES string of the molecule is CC(NCC1(C)CCCC1)c1ccc2c(c1)CCC2. The fourth-order valence-corrected chi connectivity index (χ4v) is 3.78. The molecule has 1 unspecified atom stereocenters. The van der Waals surface area contributed by atoms with Crippen molar-refractivity contribution in [3.05, 3.63) is 34.9 Å². The molecule has 2 aliphatic carbocycles. The van der Waals surface area contributed by atoms with Crippen LogP contribution in [0.1, 0.15) is 68.7 Å². The number of aryl methyl sites for hydroxylation is 2. The molecule has 1 fully saturated rings. The lowest BCUT2D eigenvalue weighted by Gasteiger charge is -2.26. The maximum atomic E-state index is 3.77. The van der Waals surface area contributed by atoms with Crippen LogP contribution >= 0.6 is 0 Å². The van der Waals surface area contributed by atoms with Gasteiger partial charge in [0, 0.05) is 12.6 Å². The van der Waals surface area contributed by atoms with Crippen molar-refractivity contribution < 1.29 is 0 Å². The minimum Gasteiger partial charge on any atom is -0.310 e. The summed E-state index contributed by atoms with van der Waals surface area (Å²) in [5, 5.41) is 3.77. The summed E-state index contributed by atoms with van der Waals surface area (Å²) in [6, 6.07) is 7.62. The van der Waals surface area contributed by atoms with Crippen LogP contribution in [0.15, 0.2) is 18.2 Å². The smallest absolute Gasteiger partial charge is 0.0292 e. The second kappa shape index (κ2) is 5.28. The second-order valence-corrected chi connectivity index (χ2v) is 7.00. The highest BCUT2D eigenvalue weighted by Crippen LogP contribution is 2.37. The zero-order chi connectivity index (χ0) is 13.3. The fraction of sp³-hybridized carbons (Fsp3) is 0.667. The van der Waals surface area contributed by atoms with E-state index < -0.39 is 0 Å². The Bertz CT molecular complexity index is 443. The first kappa shape index (κ1) is 13.2. The Hall–Kier alpha value is -0.820. The normalized spacial score (nSPS) is 22.4. The number of hydrogen-bond acceptors (Lipinski definition) is 1. The van der Waals surface area contributed by atoms with Crippen LogP contribution in [0.5, 0.6) is 0 Å². The lowest BCUT2D eigenvalue weighted by molar-refractivity contribution is 0.302. The molecule has 1 aromatic carbocycles. The van der Waals surface area contributed by atoms with Gasteiger partial charge in [-0.25, -0.2) is 0 Å². The predicted molar refractivity (Wildman–Crippen MR) is 81.5 cm³/mol. The van der Waals surface area contributed by atoms with Crippen molar-refractivity contribution in [3.63, 3.8) is 0 Å². The Kier molecular flexibility index (Phi) is 3.66. The average molecular weight is 257 g/mol. The van der Waals surface area contributed by atoms with E-state index in [1.807, 2.05) is 0 Å². The van der Waals surface area contributed by atoms with Crippen LogP contribution in [0.4, 0.5) is 0 Å². The number of nitrogens with one attached hydrogen (secondary N) is 1. The molecule has 3 rings (SSSR count). The lowest BCUT2D eigenvalue weighted by atomic mass is 9.88. The molecule has 0 amide bonds. The molecule has 1 N–H and O–H groups in total. The molecule has 0 aliphatic heterocycles. The summed E-state index contributed by atoms with van der Waals surface area (Å²) in [5.74, 6) is 0. The minimum atomic E-state index is 0.489. The first-order valence-electron chi connectivity index (χ1n) is 8.01. The van der Waals surface area contributed by atoms with Gasteiger partial charge in [0.15, 0.2) is 0 Å². The molecule has 1 saturated carbocycles. The first-order valence-corrected chi connectivity index (χ1v) is 8.01. The van der Waals surface area contributed by atoms with Crippen LogP contribution < -0.4 is 5.32 Å². The molecule has 1 nitrogen and oxygen atoms in total. The number of hydrogen-bond donors (Lipinski definition) is 1. The predicted octanol–water partition coefficient (Wildman–Crippen LogP) is 4.41. The van der Waals surface area contributed by atoms with Crippen molar-refractivity contribution >= 4 is 0 Å². The van der Waals surface area contributed by atoms with E-state index >= 15 is 0 Å². The van der Waals surface area contributed by atoms with Crippen LogP contribution in [0, 0.1) is 5.41 Å². The van der Waals surface area contributed by atoms with Crippen LogP contribution in [0.25, 0.3) is 0 Å². The zero-order valence-electron chi connectivity index (χ0n) is 12.5. The number of fused-ring (bicyclic) bond motifs is 1. The van der Waals surface area contributed by atoms with Gasteiger partial charge in [-0.1, -0.05) is 38.0 Å². The summed E-state index contributed by atoms with van der Waals surface area (Å²) in [7, 11) is 0. The summed E-state index contributed by atoms with van der Waals surface area (Å²) in [4.78, 5) is 0. The topological polar surface area (TPSA) is 12.0 Å². The molecule has 0 spiro atoms. The van der Waals surface area contributed by atoms with Gasteiger partial charge in [-0.15, -0.1) is 0 Å². The minimum absolute atomic E-state index is 0.489. The van der Waals surface area contributed by atoms with E-state index in [0.717, 1.165) is 0 Å². The quantitative estimate of drug-likeness (QED) is 0.842. The Morgan fingerprint density at radius 3 is 2.63 bits per heavy atom. The molecular formula is C18H27N. The molecule has 0 radical (unpaired) electrons. The maximum Gasteiger partial charge on any atom is 0.0292 e. The average Bonchev–Trinajstić information content (AvgIpc) is 3.04. The van der Waals surface area contributed by atoms with Crippen LogP contribution in [0.2, 0.25) is 0 Å². The second-order valence-electron chi connectivity index (χ2n) is 7.00. The highest BCUT2D eigenvalue weighted by Gasteiger charge is 2.28. The molecule has 0 saturated heterocycles. The summed E-state index contributed by atoms with van der Waals surface area (Å²) in [5.41, 5.74) is 5.20. The van der Waals surface area contributed by atoms with Crippen LogP contribution in [-0.2, 0) is 12.8 Å². The van der Waals surface area contributed by atoms with Crippen molar-refractivity contribution in [1.82, 2.24) is 5.32 Å². The highest BCUT2D eigenvalue weighted by atomic mass is 14.9. The summed E-state index contributed by atoms with van der Waals surface area (Å²) < 4.78 is 0. The van der Waals surface area contributed by atoms with Crippen molar-refractivity contribution in [1.29, 1.82) is 0 Å². The van der Waals surface area contributed by atoms with Crippen molar-refractivity contribution in [2.45, 2.75) is 64.8 Å². The van der Waals surface area contributed by atoms with E-state index in [9.17, 15) is 0 Å². The van der Waals surface area contributed by atoms with Gasteiger partial charge in [-0.05, 0) is 61.1 Å². The van der Waals surface area contributed by atoms with Gasteiger partial charge in [0.05, 0.1) is 0 Å². The zero-order valence-corrected chi connectivity index (χ0v) is 12.5. The van der Waals surface area contributed by atoms with Gasteiger partial charge >= 0.3 is 0 Å². The monoisotopic (exact) mass is 257 g/mol. The Balaban J connectivity index is 1.62. The van der Waals surface area contributed by atoms with Gasteiger partial charge < -0.3 is 5.32 Å². The highest BCUT2D eigenvalue weighted by molar-refractivity contribution is 5.36. The number of rotatable bonds is 4. The Labute approximate surface area is 117 Å². The molecule has 0 bridgehead atoms. The fourth-order valence-electron chi connectivity index (χ4n) is 3.78. The van der Waals surface area contributed by atoms with Crippen molar-refractivity contribution in [2.24, 2.45) is 5.41 Å². The van der Waals surface area contributed by atoms with E-state index in [4.69, 9.17) is 0 Å². The molecule has 0 heterocycles. The summed E-state index contributed by atoms with van der Waals surface area (Å²) >= 11 is 0. The van der Waals surface area contributed by atoms with E-state index in [2.05, 4.69) is 37.4 Å². The van der Waals surface area contributed by atoms with E-state index in [-0.39, 0.29) is 0 Å². The van der Waals surface area contributed by atoms with Crippen LogP contribution in [0.3, 0.4) is 0 Å². The Morgan fingerprint density at radius 2 is 1.84 bits per heavy atom. The largest absolute Gasteiger partial charge is 0.310 e. The van der Waals surface area contributed by atoms with Crippen molar-refractivity contribution in [3.8, 4) is 0 Å². The van der Waals surface area contributed by atoms with Gasteiger partial charge in [-0.2, -0.15) is 0 Å². The third-order valence-electron chi connectivity index (χ3n) is 5.27. The molecule has 104 valence electrons. The van der Waals surface area contributed by atoms with Crippen LogP contribution in [-0.4, -0.2) is 6.54 Å². The van der Waals surface area contributed by atoms with Crippen molar-refractivity contribution in [2.75, 3.05) is 6.54 Å².